The largest absolute Gasteiger partial charge is 0.479 e. The van der Waals surface area contributed by atoms with Crippen molar-refractivity contribution in [2.24, 2.45) is 11.3 Å². The van der Waals surface area contributed by atoms with Gasteiger partial charge in [-0.15, -0.1) is 0 Å². The molecule has 1 heterocycles. The van der Waals surface area contributed by atoms with Crippen LogP contribution >= 0.6 is 0 Å². The molecule has 1 aliphatic carbocycles. The minimum atomic E-state index is -2.05. The molecule has 1 spiro atoms. The topological polar surface area (TPSA) is 49.3 Å². The molecule has 3 nitrogen and oxygen atoms in total. The van der Waals surface area contributed by atoms with Crippen LogP contribution in [0, 0.1) is 11.3 Å². The van der Waals surface area contributed by atoms with Crippen LogP contribution in [0.1, 0.15) is 26.2 Å². The van der Waals surface area contributed by atoms with Crippen LogP contribution in [-0.4, -0.2) is 29.8 Å². The van der Waals surface area contributed by atoms with Crippen LogP contribution in [0.3, 0.4) is 0 Å². The maximum atomic E-state index is 14.4. The van der Waals surface area contributed by atoms with Crippen LogP contribution in [0.15, 0.2) is 0 Å². The van der Waals surface area contributed by atoms with Crippen molar-refractivity contribution in [1.82, 2.24) is 5.32 Å². The summed E-state index contributed by atoms with van der Waals surface area (Å²) in [6.07, 6.45) is 2.59. The first-order valence-electron chi connectivity index (χ1n) is 5.16. The average molecular weight is 201 g/mol. The van der Waals surface area contributed by atoms with Crippen LogP contribution < -0.4 is 5.32 Å². The molecule has 0 aromatic heterocycles. The molecule has 14 heavy (non-hydrogen) atoms. The van der Waals surface area contributed by atoms with Gasteiger partial charge in [-0.1, -0.05) is 13.3 Å². The van der Waals surface area contributed by atoms with Gasteiger partial charge in [0.15, 0.2) is 0 Å². The minimum absolute atomic E-state index is 0.0350. The van der Waals surface area contributed by atoms with Crippen molar-refractivity contribution in [2.75, 3.05) is 13.1 Å². The molecule has 1 saturated carbocycles. The zero-order valence-electron chi connectivity index (χ0n) is 8.35. The lowest BCUT2D eigenvalue weighted by Gasteiger charge is -2.36. The van der Waals surface area contributed by atoms with Crippen molar-refractivity contribution in [2.45, 2.75) is 31.9 Å². The fraction of sp³-hybridized carbons (Fsp3) is 0.900. The van der Waals surface area contributed by atoms with Gasteiger partial charge in [0.2, 0.25) is 5.67 Å². The van der Waals surface area contributed by atoms with Gasteiger partial charge in [-0.2, -0.15) is 0 Å². The minimum Gasteiger partial charge on any atom is -0.479 e. The Labute approximate surface area is 82.7 Å². The highest BCUT2D eigenvalue weighted by atomic mass is 19.1. The monoisotopic (exact) mass is 201 g/mol. The van der Waals surface area contributed by atoms with Gasteiger partial charge >= 0.3 is 5.97 Å². The Morgan fingerprint density at radius 2 is 2.29 bits per heavy atom. The standard InChI is InChI=1S/C10H16FNO2/c1-7-3-2-4-9(7)5-12-6-10(9,11)8(13)14/h7,12H,2-6H2,1H3,(H,13,14). The van der Waals surface area contributed by atoms with Crippen molar-refractivity contribution >= 4 is 5.97 Å². The first kappa shape index (κ1) is 9.90. The van der Waals surface area contributed by atoms with E-state index in [1.165, 1.54) is 0 Å². The summed E-state index contributed by atoms with van der Waals surface area (Å²) in [7, 11) is 0. The zero-order valence-corrected chi connectivity index (χ0v) is 8.35. The predicted octanol–water partition coefficient (Wildman–Crippen LogP) is 1.19. The molecule has 0 radical (unpaired) electrons. The highest BCUT2D eigenvalue weighted by Gasteiger charge is 2.64. The molecule has 2 rings (SSSR count). The molecule has 0 amide bonds. The van der Waals surface area contributed by atoms with E-state index in [9.17, 15) is 9.18 Å². The Bertz CT molecular complexity index is 267. The van der Waals surface area contributed by atoms with Gasteiger partial charge in [0.25, 0.3) is 0 Å². The molecule has 2 fully saturated rings. The number of nitrogens with one attached hydrogen (secondary N) is 1. The van der Waals surface area contributed by atoms with E-state index in [4.69, 9.17) is 5.11 Å². The van der Waals surface area contributed by atoms with Gasteiger partial charge in [0, 0.05) is 18.5 Å². The summed E-state index contributed by atoms with van der Waals surface area (Å²) < 4.78 is 14.4. The molecule has 0 aromatic rings. The third-order valence-corrected chi connectivity index (χ3v) is 4.14. The number of alkyl halides is 1. The lowest BCUT2D eigenvalue weighted by atomic mass is 9.69. The predicted molar refractivity (Wildman–Crippen MR) is 49.8 cm³/mol. The molecule has 3 unspecified atom stereocenters. The Morgan fingerprint density at radius 1 is 1.57 bits per heavy atom. The molecular formula is C10H16FNO2. The van der Waals surface area contributed by atoms with E-state index in [-0.39, 0.29) is 12.5 Å². The molecule has 2 aliphatic rings. The summed E-state index contributed by atoms with van der Waals surface area (Å²) in [6, 6.07) is 0. The fourth-order valence-corrected chi connectivity index (χ4v) is 3.16. The van der Waals surface area contributed by atoms with Crippen LogP contribution in [0.25, 0.3) is 0 Å². The first-order chi connectivity index (χ1) is 6.53. The van der Waals surface area contributed by atoms with E-state index in [1.807, 2.05) is 6.92 Å². The smallest absolute Gasteiger partial charge is 0.343 e. The van der Waals surface area contributed by atoms with Crippen molar-refractivity contribution < 1.29 is 14.3 Å². The SMILES string of the molecule is CC1CCCC12CNCC2(F)C(=O)O. The second kappa shape index (κ2) is 2.92. The number of carbonyl (C=O) groups is 1. The Balaban J connectivity index is 2.38. The molecule has 1 aliphatic heterocycles. The lowest BCUT2D eigenvalue weighted by Crippen LogP contribution is -2.51. The molecule has 1 saturated heterocycles. The van der Waals surface area contributed by atoms with Crippen LogP contribution in [0.2, 0.25) is 0 Å². The van der Waals surface area contributed by atoms with Crippen molar-refractivity contribution in [3.05, 3.63) is 0 Å². The van der Waals surface area contributed by atoms with E-state index in [0.29, 0.717) is 13.0 Å². The molecule has 0 bridgehead atoms. The molecule has 4 heteroatoms. The number of carboxylic acids is 1. The fourth-order valence-electron chi connectivity index (χ4n) is 3.16. The van der Waals surface area contributed by atoms with E-state index >= 15 is 0 Å². The molecule has 0 aromatic carbocycles. The summed E-state index contributed by atoms with van der Waals surface area (Å²) >= 11 is 0. The Morgan fingerprint density at radius 3 is 2.79 bits per heavy atom. The second-order valence-electron chi connectivity index (χ2n) is 4.66. The van der Waals surface area contributed by atoms with Crippen molar-refractivity contribution in [1.29, 1.82) is 0 Å². The Hall–Kier alpha value is -0.640. The maximum Gasteiger partial charge on any atom is 0.343 e. The van der Waals surface area contributed by atoms with Gasteiger partial charge in [0.05, 0.1) is 0 Å². The van der Waals surface area contributed by atoms with Crippen LogP contribution in [-0.2, 0) is 4.79 Å². The van der Waals surface area contributed by atoms with Gasteiger partial charge in [-0.05, 0) is 18.8 Å². The summed E-state index contributed by atoms with van der Waals surface area (Å²) in [5.41, 5.74) is -2.71. The summed E-state index contributed by atoms with van der Waals surface area (Å²) in [5, 5.41) is 11.9. The number of halogens is 1. The van der Waals surface area contributed by atoms with Crippen molar-refractivity contribution in [3.63, 3.8) is 0 Å². The maximum absolute atomic E-state index is 14.4. The van der Waals surface area contributed by atoms with Gasteiger partial charge < -0.3 is 10.4 Å². The van der Waals surface area contributed by atoms with Gasteiger partial charge in [-0.25, -0.2) is 9.18 Å². The van der Waals surface area contributed by atoms with Crippen molar-refractivity contribution in [3.8, 4) is 0 Å². The molecular weight excluding hydrogens is 185 g/mol. The van der Waals surface area contributed by atoms with Crippen LogP contribution in [0.5, 0.6) is 0 Å². The number of hydrogen-bond acceptors (Lipinski definition) is 2. The van der Waals surface area contributed by atoms with E-state index < -0.39 is 17.1 Å². The van der Waals surface area contributed by atoms with E-state index in [1.54, 1.807) is 0 Å². The zero-order chi connectivity index (χ0) is 10.4. The number of rotatable bonds is 1. The van der Waals surface area contributed by atoms with E-state index in [2.05, 4.69) is 5.32 Å². The first-order valence-corrected chi connectivity index (χ1v) is 5.16. The number of carboxylic acid groups (broad SMARTS) is 1. The number of aliphatic carboxylic acids is 1. The molecule has 2 N–H and O–H groups in total. The van der Waals surface area contributed by atoms with Gasteiger partial charge in [-0.3, -0.25) is 0 Å². The quantitative estimate of drug-likeness (QED) is 0.670. The highest BCUT2D eigenvalue weighted by Crippen LogP contribution is 2.54. The number of hydrogen-bond donors (Lipinski definition) is 2. The second-order valence-corrected chi connectivity index (χ2v) is 4.66. The normalized spacial score (nSPS) is 47.4. The highest BCUT2D eigenvalue weighted by molar-refractivity contribution is 5.80. The summed E-state index contributed by atoms with van der Waals surface area (Å²) in [6.45, 7) is 2.45. The summed E-state index contributed by atoms with van der Waals surface area (Å²) in [4.78, 5) is 11.0. The average Bonchev–Trinajstić information content (AvgIpc) is 2.63. The third kappa shape index (κ3) is 0.975. The lowest BCUT2D eigenvalue weighted by molar-refractivity contribution is -0.159. The Kier molecular flexibility index (Phi) is 2.07. The summed E-state index contributed by atoms with van der Waals surface area (Å²) in [5.74, 6) is -1.13. The third-order valence-electron chi connectivity index (χ3n) is 4.14. The van der Waals surface area contributed by atoms with E-state index in [0.717, 1.165) is 12.8 Å². The van der Waals surface area contributed by atoms with Crippen LogP contribution in [0.4, 0.5) is 4.39 Å². The molecule has 3 atom stereocenters. The van der Waals surface area contributed by atoms with Gasteiger partial charge in [0.1, 0.15) is 0 Å². The molecule has 80 valence electrons.